The molecule has 22 heavy (non-hydrogen) atoms. The Bertz CT molecular complexity index is 607. The molecule has 0 radical (unpaired) electrons. The van der Waals surface area contributed by atoms with E-state index in [-0.39, 0.29) is 5.91 Å². The van der Waals surface area contributed by atoms with E-state index in [9.17, 15) is 4.79 Å². The Balaban J connectivity index is 1.70. The zero-order valence-electron chi connectivity index (χ0n) is 12.3. The highest BCUT2D eigenvalue weighted by Gasteiger charge is 2.55. The van der Waals surface area contributed by atoms with Crippen LogP contribution in [0.25, 0.3) is 10.4 Å². The third-order valence-corrected chi connectivity index (χ3v) is 3.97. The number of hydrogen-bond donors (Lipinski definition) is 0. The van der Waals surface area contributed by atoms with Crippen molar-refractivity contribution in [3.8, 4) is 0 Å². The van der Waals surface area contributed by atoms with Crippen molar-refractivity contribution >= 4 is 11.6 Å². The molecule has 0 saturated carbocycles. The van der Waals surface area contributed by atoms with Crippen molar-refractivity contribution in [2.24, 2.45) is 5.11 Å². The van der Waals surface area contributed by atoms with Gasteiger partial charge in [-0.2, -0.15) is 0 Å². The largest absolute Gasteiger partial charge is 0.336 e. The molecular formula is C15H18N4O3. The van der Waals surface area contributed by atoms with Gasteiger partial charge in [-0.1, -0.05) is 29.7 Å². The Morgan fingerprint density at radius 2 is 2.00 bits per heavy atom. The first-order valence-electron chi connectivity index (χ1n) is 7.50. The summed E-state index contributed by atoms with van der Waals surface area (Å²) >= 11 is 0. The summed E-state index contributed by atoms with van der Waals surface area (Å²) in [7, 11) is 0. The van der Waals surface area contributed by atoms with Crippen molar-refractivity contribution in [3.63, 3.8) is 0 Å². The number of carbonyl (C=O) groups excluding carboxylic acids is 1. The van der Waals surface area contributed by atoms with E-state index >= 15 is 0 Å². The van der Waals surface area contributed by atoms with Crippen molar-refractivity contribution in [2.75, 3.05) is 31.2 Å². The van der Waals surface area contributed by atoms with Gasteiger partial charge in [0.1, 0.15) is 0 Å². The van der Waals surface area contributed by atoms with Crippen molar-refractivity contribution in [1.82, 2.24) is 0 Å². The predicted molar refractivity (Wildman–Crippen MR) is 80.2 cm³/mol. The fourth-order valence-corrected chi connectivity index (χ4v) is 2.98. The van der Waals surface area contributed by atoms with E-state index in [0.717, 1.165) is 30.5 Å². The van der Waals surface area contributed by atoms with E-state index in [1.807, 2.05) is 24.3 Å². The minimum atomic E-state index is -1.23. The topological polar surface area (TPSA) is 87.5 Å². The first-order valence-corrected chi connectivity index (χ1v) is 7.50. The fourth-order valence-electron chi connectivity index (χ4n) is 2.98. The Hall–Kier alpha value is -2.08. The molecule has 1 fully saturated rings. The van der Waals surface area contributed by atoms with Gasteiger partial charge in [0.25, 0.3) is 11.7 Å². The zero-order valence-corrected chi connectivity index (χ0v) is 12.3. The SMILES string of the molecule is [N-]=[N+]=NCCCCCN1C(=O)C2(OCCO2)c2ccccc21. The summed E-state index contributed by atoms with van der Waals surface area (Å²) in [6, 6.07) is 7.62. The lowest BCUT2D eigenvalue weighted by atomic mass is 10.1. The van der Waals surface area contributed by atoms with Crippen LogP contribution in [0.5, 0.6) is 0 Å². The molecule has 1 spiro atoms. The smallest absolute Gasteiger partial charge is 0.292 e. The molecule has 0 atom stereocenters. The molecule has 7 nitrogen and oxygen atoms in total. The van der Waals surface area contributed by atoms with Crippen molar-refractivity contribution in [2.45, 2.75) is 25.0 Å². The molecule has 2 heterocycles. The normalized spacial score (nSPS) is 18.5. The Morgan fingerprint density at radius 3 is 2.77 bits per heavy atom. The summed E-state index contributed by atoms with van der Waals surface area (Å²) in [5, 5.41) is 3.51. The summed E-state index contributed by atoms with van der Waals surface area (Å²) in [5.41, 5.74) is 9.90. The quantitative estimate of drug-likeness (QED) is 0.350. The van der Waals surface area contributed by atoms with Gasteiger partial charge in [0.2, 0.25) is 0 Å². The van der Waals surface area contributed by atoms with Gasteiger partial charge < -0.3 is 14.4 Å². The third kappa shape index (κ3) is 2.43. The van der Waals surface area contributed by atoms with E-state index in [1.165, 1.54) is 0 Å². The number of hydrogen-bond acceptors (Lipinski definition) is 4. The second-order valence-electron chi connectivity index (χ2n) is 5.30. The van der Waals surface area contributed by atoms with Gasteiger partial charge in [-0.3, -0.25) is 4.79 Å². The summed E-state index contributed by atoms with van der Waals surface area (Å²) in [6.45, 7) is 1.97. The molecule has 0 bridgehead atoms. The van der Waals surface area contributed by atoms with E-state index < -0.39 is 5.79 Å². The van der Waals surface area contributed by atoms with Crippen LogP contribution in [0.2, 0.25) is 0 Å². The van der Waals surface area contributed by atoms with Crippen LogP contribution >= 0.6 is 0 Å². The molecule has 3 rings (SSSR count). The minimum Gasteiger partial charge on any atom is -0.336 e. The van der Waals surface area contributed by atoms with Crippen LogP contribution in [0.1, 0.15) is 24.8 Å². The van der Waals surface area contributed by atoms with E-state index in [2.05, 4.69) is 10.0 Å². The number of benzene rings is 1. The highest BCUT2D eigenvalue weighted by atomic mass is 16.7. The minimum absolute atomic E-state index is 0.138. The average Bonchev–Trinajstić information content (AvgIpc) is 3.12. The lowest BCUT2D eigenvalue weighted by Gasteiger charge is -2.22. The second kappa shape index (κ2) is 6.36. The summed E-state index contributed by atoms with van der Waals surface area (Å²) in [4.78, 5) is 17.2. The maximum absolute atomic E-state index is 12.8. The molecule has 2 aliphatic heterocycles. The van der Waals surface area contributed by atoms with Gasteiger partial charge >= 0.3 is 0 Å². The van der Waals surface area contributed by atoms with Crippen LogP contribution in [0.4, 0.5) is 5.69 Å². The molecule has 1 aromatic rings. The van der Waals surface area contributed by atoms with Gasteiger partial charge in [-0.25, -0.2) is 0 Å². The molecule has 0 aliphatic carbocycles. The fraction of sp³-hybridized carbons (Fsp3) is 0.533. The molecule has 1 amide bonds. The number of fused-ring (bicyclic) bond motifs is 2. The maximum Gasteiger partial charge on any atom is 0.292 e. The number of para-hydroxylation sites is 1. The van der Waals surface area contributed by atoms with Crippen molar-refractivity contribution in [1.29, 1.82) is 0 Å². The van der Waals surface area contributed by atoms with Crippen LogP contribution in [0, 0.1) is 0 Å². The second-order valence-corrected chi connectivity index (χ2v) is 5.30. The van der Waals surface area contributed by atoms with Crippen LogP contribution < -0.4 is 4.90 Å². The predicted octanol–water partition coefficient (Wildman–Crippen LogP) is 2.71. The third-order valence-electron chi connectivity index (χ3n) is 3.97. The Morgan fingerprint density at radius 1 is 1.23 bits per heavy atom. The number of carbonyl (C=O) groups is 1. The van der Waals surface area contributed by atoms with Crippen LogP contribution in [0.15, 0.2) is 29.4 Å². The number of unbranched alkanes of at least 4 members (excludes halogenated alkanes) is 2. The highest BCUT2D eigenvalue weighted by Crippen LogP contribution is 2.45. The monoisotopic (exact) mass is 302 g/mol. The standard InChI is InChI=1S/C15H18N4O3/c16-18-17-8-4-1-5-9-19-13-7-3-2-6-12(13)15(14(19)20)21-10-11-22-15/h2-3,6-7H,1,4-5,8-11H2. The zero-order chi connectivity index (χ0) is 15.4. The molecule has 7 heteroatoms. The molecular weight excluding hydrogens is 284 g/mol. The molecule has 0 N–H and O–H groups in total. The van der Waals surface area contributed by atoms with Crippen LogP contribution in [-0.4, -0.2) is 32.2 Å². The highest BCUT2D eigenvalue weighted by molar-refractivity contribution is 6.06. The van der Waals surface area contributed by atoms with Crippen molar-refractivity contribution < 1.29 is 14.3 Å². The Labute approximate surface area is 128 Å². The lowest BCUT2D eigenvalue weighted by Crippen LogP contribution is -2.41. The number of azide groups is 1. The average molecular weight is 302 g/mol. The van der Waals surface area contributed by atoms with Gasteiger partial charge in [0.15, 0.2) is 0 Å². The molecule has 0 aromatic heterocycles. The number of anilines is 1. The first kappa shape index (κ1) is 14.8. The Kier molecular flexibility index (Phi) is 4.29. The van der Waals surface area contributed by atoms with E-state index in [0.29, 0.717) is 26.3 Å². The van der Waals surface area contributed by atoms with E-state index in [4.69, 9.17) is 15.0 Å². The summed E-state index contributed by atoms with van der Waals surface area (Å²) in [6.07, 6.45) is 2.57. The first-order chi connectivity index (χ1) is 10.8. The molecule has 116 valence electrons. The van der Waals surface area contributed by atoms with Gasteiger partial charge in [0.05, 0.1) is 18.9 Å². The van der Waals surface area contributed by atoms with E-state index in [1.54, 1.807) is 4.90 Å². The molecule has 0 unspecified atom stereocenters. The number of nitrogens with zero attached hydrogens (tertiary/aromatic N) is 4. The van der Waals surface area contributed by atoms with Gasteiger partial charge in [-0.15, -0.1) is 0 Å². The van der Waals surface area contributed by atoms with Crippen LogP contribution in [-0.2, 0) is 20.1 Å². The number of rotatable bonds is 6. The molecule has 1 aromatic carbocycles. The number of ether oxygens (including phenoxy) is 2. The van der Waals surface area contributed by atoms with Gasteiger partial charge in [0, 0.05) is 23.6 Å². The summed E-state index contributed by atoms with van der Waals surface area (Å²) < 4.78 is 11.3. The number of amides is 1. The lowest BCUT2D eigenvalue weighted by molar-refractivity contribution is -0.180. The molecule has 1 saturated heterocycles. The van der Waals surface area contributed by atoms with Gasteiger partial charge in [-0.05, 0) is 24.4 Å². The molecule has 2 aliphatic rings. The maximum atomic E-state index is 12.8. The van der Waals surface area contributed by atoms with Crippen molar-refractivity contribution in [3.05, 3.63) is 40.3 Å². The van der Waals surface area contributed by atoms with Crippen LogP contribution in [0.3, 0.4) is 0 Å². The summed E-state index contributed by atoms with van der Waals surface area (Å²) in [5.74, 6) is -1.37.